The lowest BCUT2D eigenvalue weighted by molar-refractivity contribution is -0.0399. The highest BCUT2D eigenvalue weighted by Gasteiger charge is 2.19. The van der Waals surface area contributed by atoms with Gasteiger partial charge in [-0.05, 0) is 43.0 Å². The summed E-state index contributed by atoms with van der Waals surface area (Å²) in [5.74, 6) is 0. The Morgan fingerprint density at radius 1 is 1.38 bits per heavy atom. The Bertz CT molecular complexity index is 623. The molecular formula is C15H19N3O2S. The summed E-state index contributed by atoms with van der Waals surface area (Å²) in [6, 6.07) is 7.11. The molecule has 0 aliphatic carbocycles. The molecule has 112 valence electrons. The van der Waals surface area contributed by atoms with E-state index in [2.05, 4.69) is 17.7 Å². The van der Waals surface area contributed by atoms with Crippen LogP contribution in [0, 0.1) is 0 Å². The highest BCUT2D eigenvalue weighted by Crippen LogP contribution is 2.27. The first kappa shape index (κ1) is 14.4. The van der Waals surface area contributed by atoms with E-state index >= 15 is 0 Å². The molecule has 1 saturated heterocycles. The van der Waals surface area contributed by atoms with Gasteiger partial charge in [0.2, 0.25) is 0 Å². The van der Waals surface area contributed by atoms with E-state index in [1.807, 2.05) is 12.3 Å². The molecule has 2 atom stereocenters. The molecule has 1 aromatic heterocycles. The van der Waals surface area contributed by atoms with Gasteiger partial charge in [0.1, 0.15) is 12.3 Å². The van der Waals surface area contributed by atoms with Gasteiger partial charge in [-0.2, -0.15) is 5.10 Å². The van der Waals surface area contributed by atoms with Crippen molar-refractivity contribution in [3.05, 3.63) is 41.7 Å². The van der Waals surface area contributed by atoms with E-state index in [9.17, 15) is 5.11 Å². The predicted molar refractivity (Wildman–Crippen MR) is 83.2 cm³/mol. The highest BCUT2D eigenvalue weighted by molar-refractivity contribution is 7.80. The average molecular weight is 305 g/mol. The number of anilines is 1. The summed E-state index contributed by atoms with van der Waals surface area (Å²) in [7, 11) is 0. The third kappa shape index (κ3) is 3.07. The molecule has 0 radical (unpaired) electrons. The van der Waals surface area contributed by atoms with Gasteiger partial charge in [-0.1, -0.05) is 6.07 Å². The van der Waals surface area contributed by atoms with Crippen molar-refractivity contribution in [3.63, 3.8) is 0 Å². The zero-order valence-corrected chi connectivity index (χ0v) is 12.5. The predicted octanol–water partition coefficient (Wildman–Crippen LogP) is 2.53. The lowest BCUT2D eigenvalue weighted by Gasteiger charge is -2.22. The number of nitrogen functional groups attached to an aromatic ring is 1. The van der Waals surface area contributed by atoms with Gasteiger partial charge in [0.05, 0.1) is 5.69 Å². The first-order chi connectivity index (χ1) is 10.1. The Kier molecular flexibility index (Phi) is 4.19. The largest absolute Gasteiger partial charge is 0.398 e. The van der Waals surface area contributed by atoms with Crippen LogP contribution in [0.25, 0.3) is 0 Å². The molecule has 21 heavy (non-hydrogen) atoms. The molecule has 3 rings (SSSR count). The number of nitrogens with zero attached hydrogens (tertiary/aromatic N) is 2. The monoisotopic (exact) mass is 305 g/mol. The van der Waals surface area contributed by atoms with E-state index < -0.39 is 6.10 Å². The fourth-order valence-electron chi connectivity index (χ4n) is 2.49. The number of ether oxygens (including phenoxy) is 1. The summed E-state index contributed by atoms with van der Waals surface area (Å²) >= 11 is 4.28. The van der Waals surface area contributed by atoms with Crippen LogP contribution in [-0.4, -0.2) is 21.5 Å². The molecule has 0 saturated carbocycles. The molecule has 1 aliphatic rings. The maximum Gasteiger partial charge on any atom is 0.150 e. The van der Waals surface area contributed by atoms with Crippen LogP contribution in [-0.2, 0) is 4.74 Å². The van der Waals surface area contributed by atoms with E-state index in [1.165, 1.54) is 0 Å². The molecule has 2 unspecified atom stereocenters. The summed E-state index contributed by atoms with van der Waals surface area (Å²) in [6.07, 6.45) is 4.24. The molecule has 0 bridgehead atoms. The van der Waals surface area contributed by atoms with E-state index in [0.29, 0.717) is 16.3 Å². The summed E-state index contributed by atoms with van der Waals surface area (Å²) in [6.45, 7) is 0.767. The zero-order valence-electron chi connectivity index (χ0n) is 11.6. The van der Waals surface area contributed by atoms with Crippen LogP contribution < -0.4 is 5.73 Å². The normalized spacial score (nSPS) is 20.4. The Hall–Kier alpha value is -1.50. The molecule has 1 fully saturated rings. The van der Waals surface area contributed by atoms with Crippen molar-refractivity contribution in [1.29, 1.82) is 0 Å². The maximum absolute atomic E-state index is 10.4. The standard InChI is InChI=1S/C15H19N3O2S/c16-11-5-4-10(9-13(11)21)15(19)12-6-7-18(17-12)14-3-1-2-8-20-14/h4-7,9,14-15,19,21H,1-3,8,16H2. The number of hydrogen-bond donors (Lipinski definition) is 3. The quantitative estimate of drug-likeness (QED) is 0.602. The smallest absolute Gasteiger partial charge is 0.150 e. The van der Waals surface area contributed by atoms with Crippen LogP contribution in [0.1, 0.15) is 42.9 Å². The van der Waals surface area contributed by atoms with Crippen LogP contribution in [0.5, 0.6) is 0 Å². The van der Waals surface area contributed by atoms with Crippen molar-refractivity contribution in [2.75, 3.05) is 12.3 Å². The zero-order chi connectivity index (χ0) is 14.8. The minimum Gasteiger partial charge on any atom is -0.398 e. The van der Waals surface area contributed by atoms with Crippen molar-refractivity contribution >= 4 is 18.3 Å². The van der Waals surface area contributed by atoms with Gasteiger partial charge in [-0.15, -0.1) is 12.6 Å². The minimum atomic E-state index is -0.790. The second-order valence-corrected chi connectivity index (χ2v) is 5.74. The van der Waals surface area contributed by atoms with Gasteiger partial charge < -0.3 is 15.6 Å². The van der Waals surface area contributed by atoms with Gasteiger partial charge in [0, 0.05) is 23.4 Å². The number of benzene rings is 1. The molecular weight excluding hydrogens is 286 g/mol. The van der Waals surface area contributed by atoms with E-state index in [0.717, 1.165) is 31.4 Å². The van der Waals surface area contributed by atoms with Crippen LogP contribution >= 0.6 is 12.6 Å². The number of aliphatic hydroxyl groups is 1. The number of aliphatic hydroxyl groups excluding tert-OH is 1. The third-order valence-corrected chi connectivity index (χ3v) is 4.12. The first-order valence-electron chi connectivity index (χ1n) is 7.08. The number of thiol groups is 1. The molecule has 2 heterocycles. The molecule has 5 nitrogen and oxygen atoms in total. The summed E-state index contributed by atoms with van der Waals surface area (Å²) in [4.78, 5) is 0.654. The highest BCUT2D eigenvalue weighted by atomic mass is 32.1. The topological polar surface area (TPSA) is 73.3 Å². The lowest BCUT2D eigenvalue weighted by Crippen LogP contribution is -2.19. The van der Waals surface area contributed by atoms with Gasteiger partial charge >= 0.3 is 0 Å². The third-order valence-electron chi connectivity index (χ3n) is 3.73. The fourth-order valence-corrected chi connectivity index (χ4v) is 2.72. The molecule has 0 spiro atoms. The van der Waals surface area contributed by atoms with Crippen LogP contribution in [0.3, 0.4) is 0 Å². The Labute approximate surface area is 129 Å². The van der Waals surface area contributed by atoms with Crippen LogP contribution in [0.2, 0.25) is 0 Å². The van der Waals surface area contributed by atoms with Gasteiger partial charge in [-0.25, -0.2) is 4.68 Å². The minimum absolute atomic E-state index is 0.0217. The van der Waals surface area contributed by atoms with Gasteiger partial charge in [0.25, 0.3) is 0 Å². The van der Waals surface area contributed by atoms with Crippen molar-refractivity contribution in [2.45, 2.75) is 36.5 Å². The average Bonchev–Trinajstić information content (AvgIpc) is 3.00. The summed E-state index contributed by atoms with van der Waals surface area (Å²) < 4.78 is 7.48. The van der Waals surface area contributed by atoms with E-state index in [4.69, 9.17) is 10.5 Å². The fraction of sp³-hybridized carbons (Fsp3) is 0.400. The molecule has 0 amide bonds. The Morgan fingerprint density at radius 3 is 2.95 bits per heavy atom. The van der Waals surface area contributed by atoms with Gasteiger partial charge in [-0.3, -0.25) is 0 Å². The second kappa shape index (κ2) is 6.09. The number of nitrogens with two attached hydrogens (primary N) is 1. The molecule has 1 aliphatic heterocycles. The molecule has 3 N–H and O–H groups in total. The van der Waals surface area contributed by atoms with Crippen LogP contribution in [0.15, 0.2) is 35.4 Å². The van der Waals surface area contributed by atoms with E-state index in [-0.39, 0.29) is 6.23 Å². The number of hydrogen-bond acceptors (Lipinski definition) is 5. The molecule has 2 aromatic rings. The molecule has 1 aromatic carbocycles. The van der Waals surface area contributed by atoms with Gasteiger partial charge in [0.15, 0.2) is 0 Å². The Morgan fingerprint density at radius 2 is 2.24 bits per heavy atom. The van der Waals surface area contributed by atoms with Crippen LogP contribution in [0.4, 0.5) is 5.69 Å². The second-order valence-electron chi connectivity index (χ2n) is 5.26. The first-order valence-corrected chi connectivity index (χ1v) is 7.53. The van der Waals surface area contributed by atoms with Crippen molar-refractivity contribution in [3.8, 4) is 0 Å². The maximum atomic E-state index is 10.4. The van der Waals surface area contributed by atoms with E-state index in [1.54, 1.807) is 22.9 Å². The number of aromatic nitrogens is 2. The lowest BCUT2D eigenvalue weighted by atomic mass is 10.1. The van der Waals surface area contributed by atoms with Crippen molar-refractivity contribution in [1.82, 2.24) is 9.78 Å². The summed E-state index contributed by atoms with van der Waals surface area (Å²) in [5.41, 5.74) is 7.65. The van der Waals surface area contributed by atoms with Crippen molar-refractivity contribution in [2.24, 2.45) is 0 Å². The summed E-state index contributed by atoms with van der Waals surface area (Å²) in [5, 5.41) is 14.9. The molecule has 6 heteroatoms. The Balaban J connectivity index is 1.79. The SMILES string of the molecule is Nc1ccc(C(O)c2ccn(C3CCCCO3)n2)cc1S. The van der Waals surface area contributed by atoms with Crippen molar-refractivity contribution < 1.29 is 9.84 Å². The number of rotatable bonds is 3.